The lowest BCUT2D eigenvalue weighted by molar-refractivity contribution is -0.135. The summed E-state index contributed by atoms with van der Waals surface area (Å²) in [5.41, 5.74) is -0.398. The van der Waals surface area contributed by atoms with Crippen LogP contribution in [0.5, 0.6) is 0 Å². The van der Waals surface area contributed by atoms with Crippen molar-refractivity contribution in [2.24, 2.45) is 5.92 Å². The summed E-state index contributed by atoms with van der Waals surface area (Å²) in [6, 6.07) is -0.259. The minimum Gasteiger partial charge on any atom is -0.348 e. The number of rotatable bonds is 4. The van der Waals surface area contributed by atoms with E-state index in [4.69, 9.17) is 0 Å². The molecule has 2 atom stereocenters. The van der Waals surface area contributed by atoms with Gasteiger partial charge in [-0.3, -0.25) is 14.5 Å². The monoisotopic (exact) mass is 452 g/mol. The molecule has 2 amide bonds. The first-order chi connectivity index (χ1) is 15.2. The third-order valence-electron chi connectivity index (χ3n) is 9.17. The van der Waals surface area contributed by atoms with Gasteiger partial charge in [-0.05, 0) is 57.9 Å². The Hall–Kier alpha value is -1.28. The number of amides is 2. The predicted molar refractivity (Wildman–Crippen MR) is 117 cm³/mol. The molecule has 0 aromatic rings. The molecule has 2 aliphatic carbocycles. The van der Waals surface area contributed by atoms with Crippen molar-refractivity contribution in [1.82, 2.24) is 20.0 Å². The third-order valence-corrected chi connectivity index (χ3v) is 9.17. The number of alkyl halides is 2. The molecule has 5 aliphatic rings. The lowest BCUT2D eigenvalue weighted by Gasteiger charge is -2.43. The minimum atomic E-state index is -2.54. The van der Waals surface area contributed by atoms with E-state index in [-0.39, 0.29) is 36.7 Å². The van der Waals surface area contributed by atoms with Crippen LogP contribution in [-0.4, -0.2) is 89.3 Å². The van der Waals surface area contributed by atoms with Crippen molar-refractivity contribution >= 4 is 11.8 Å². The lowest BCUT2D eigenvalue weighted by Crippen LogP contribution is -2.57. The number of fused-ring (bicyclic) bond motifs is 1. The Bertz CT molecular complexity index is 698. The molecule has 32 heavy (non-hydrogen) atoms. The highest BCUT2D eigenvalue weighted by Crippen LogP contribution is 2.38. The summed E-state index contributed by atoms with van der Waals surface area (Å²) in [5, 5.41) is 3.30. The normalized spacial score (nSPS) is 33.8. The highest BCUT2D eigenvalue weighted by atomic mass is 19.3. The Morgan fingerprint density at radius 2 is 1.72 bits per heavy atom. The zero-order valence-corrected chi connectivity index (χ0v) is 19.3. The number of likely N-dealkylation sites (N-methyl/N-ethyl adjacent to an activating group) is 1. The lowest BCUT2D eigenvalue weighted by atomic mass is 9.81. The third kappa shape index (κ3) is 4.41. The summed E-state index contributed by atoms with van der Waals surface area (Å²) in [7, 11) is 1.98. The molecule has 3 aliphatic heterocycles. The second-order valence-corrected chi connectivity index (χ2v) is 11.2. The fourth-order valence-electron chi connectivity index (χ4n) is 6.65. The molecule has 0 aromatic carbocycles. The number of nitrogens with zero attached hydrogens (tertiary/aromatic N) is 3. The van der Waals surface area contributed by atoms with E-state index < -0.39 is 17.5 Å². The Morgan fingerprint density at radius 3 is 2.34 bits per heavy atom. The van der Waals surface area contributed by atoms with Crippen molar-refractivity contribution in [2.45, 2.75) is 100 Å². The molecule has 6 nitrogen and oxygen atoms in total. The van der Waals surface area contributed by atoms with Gasteiger partial charge in [-0.25, -0.2) is 8.78 Å². The average molecular weight is 453 g/mol. The molecule has 1 N–H and O–H groups in total. The van der Waals surface area contributed by atoms with Crippen LogP contribution >= 0.6 is 0 Å². The van der Waals surface area contributed by atoms with Gasteiger partial charge in [0.2, 0.25) is 17.7 Å². The van der Waals surface area contributed by atoms with Gasteiger partial charge in [-0.1, -0.05) is 6.42 Å². The number of hydrogen-bond acceptors (Lipinski definition) is 4. The number of nitrogens with one attached hydrogen (secondary N) is 1. The fraction of sp³-hybridized carbons (Fsp3) is 0.917. The number of hydrogen-bond donors (Lipinski definition) is 1. The summed E-state index contributed by atoms with van der Waals surface area (Å²) in [4.78, 5) is 32.9. The van der Waals surface area contributed by atoms with Gasteiger partial charge in [0.1, 0.15) is 6.04 Å². The maximum atomic E-state index is 13.6. The first-order valence-electron chi connectivity index (χ1n) is 12.7. The summed E-state index contributed by atoms with van der Waals surface area (Å²) in [5.74, 6) is -1.65. The smallest absolute Gasteiger partial charge is 0.248 e. The molecule has 0 radical (unpaired) electrons. The molecule has 5 rings (SSSR count). The molecule has 3 saturated heterocycles. The average Bonchev–Trinajstić information content (AvgIpc) is 3.14. The van der Waals surface area contributed by atoms with Crippen LogP contribution in [0.1, 0.15) is 70.6 Å². The van der Waals surface area contributed by atoms with Gasteiger partial charge in [0, 0.05) is 51.1 Å². The number of carbonyl (C=O) groups excluding carboxylic acids is 2. The Labute approximate surface area is 190 Å². The summed E-state index contributed by atoms with van der Waals surface area (Å²) < 4.78 is 27.1. The van der Waals surface area contributed by atoms with Gasteiger partial charge in [0.25, 0.3) is 0 Å². The Morgan fingerprint density at radius 1 is 1.03 bits per heavy atom. The first kappa shape index (κ1) is 22.5. The van der Waals surface area contributed by atoms with E-state index in [2.05, 4.69) is 15.1 Å². The van der Waals surface area contributed by atoms with E-state index in [9.17, 15) is 18.4 Å². The summed E-state index contributed by atoms with van der Waals surface area (Å²) in [6.45, 7) is 3.59. The van der Waals surface area contributed by atoms with E-state index in [1.807, 2.05) is 7.05 Å². The van der Waals surface area contributed by atoms with E-state index in [1.54, 1.807) is 4.90 Å². The number of halogens is 2. The van der Waals surface area contributed by atoms with E-state index in [0.29, 0.717) is 32.2 Å². The van der Waals surface area contributed by atoms with Crippen LogP contribution in [0.2, 0.25) is 0 Å². The molecule has 2 saturated carbocycles. The second-order valence-electron chi connectivity index (χ2n) is 11.2. The SMILES string of the molecule is CN(C1CCC(F)(F)CC1)[C@H]1C[C@H]2C(=O)NC3(CCN(CC4CCC4)CC3)CC(=O)N2C1. The molecule has 180 valence electrons. The molecular formula is C24H38F2N4O2. The topological polar surface area (TPSA) is 55.9 Å². The van der Waals surface area contributed by atoms with Crippen LogP contribution in [0.3, 0.4) is 0 Å². The van der Waals surface area contributed by atoms with Crippen LogP contribution in [-0.2, 0) is 9.59 Å². The van der Waals surface area contributed by atoms with Crippen LogP contribution in [0, 0.1) is 5.92 Å². The quantitative estimate of drug-likeness (QED) is 0.713. The number of likely N-dealkylation sites (tertiary alicyclic amines) is 1. The van der Waals surface area contributed by atoms with Crippen LogP contribution in [0.15, 0.2) is 0 Å². The van der Waals surface area contributed by atoms with Gasteiger partial charge in [0.15, 0.2) is 0 Å². The molecule has 1 spiro atoms. The fourth-order valence-corrected chi connectivity index (χ4v) is 6.65. The van der Waals surface area contributed by atoms with Gasteiger partial charge in [0.05, 0.1) is 12.0 Å². The minimum absolute atomic E-state index is 0.0191. The zero-order chi connectivity index (χ0) is 22.5. The van der Waals surface area contributed by atoms with Crippen molar-refractivity contribution in [3.8, 4) is 0 Å². The highest BCUT2D eigenvalue weighted by molar-refractivity contribution is 5.92. The number of carbonyl (C=O) groups is 2. The molecule has 5 fully saturated rings. The predicted octanol–water partition coefficient (Wildman–Crippen LogP) is 2.62. The van der Waals surface area contributed by atoms with Crippen molar-refractivity contribution in [3.63, 3.8) is 0 Å². The van der Waals surface area contributed by atoms with Crippen molar-refractivity contribution in [3.05, 3.63) is 0 Å². The molecular weight excluding hydrogens is 414 g/mol. The number of piperidine rings is 1. The van der Waals surface area contributed by atoms with E-state index in [1.165, 1.54) is 19.3 Å². The first-order valence-corrected chi connectivity index (χ1v) is 12.7. The maximum absolute atomic E-state index is 13.6. The Balaban J connectivity index is 1.19. The van der Waals surface area contributed by atoms with Gasteiger partial charge >= 0.3 is 0 Å². The van der Waals surface area contributed by atoms with Gasteiger partial charge < -0.3 is 15.1 Å². The summed E-state index contributed by atoms with van der Waals surface area (Å²) >= 11 is 0. The van der Waals surface area contributed by atoms with E-state index >= 15 is 0 Å². The van der Waals surface area contributed by atoms with Crippen LogP contribution in [0.25, 0.3) is 0 Å². The second kappa shape index (κ2) is 8.49. The van der Waals surface area contributed by atoms with Gasteiger partial charge in [-0.15, -0.1) is 0 Å². The van der Waals surface area contributed by atoms with Crippen molar-refractivity contribution < 1.29 is 18.4 Å². The molecule has 8 heteroatoms. The Kier molecular flexibility index (Phi) is 5.98. The highest BCUT2D eigenvalue weighted by Gasteiger charge is 2.50. The van der Waals surface area contributed by atoms with Crippen molar-refractivity contribution in [1.29, 1.82) is 0 Å². The van der Waals surface area contributed by atoms with Crippen LogP contribution in [0.4, 0.5) is 8.78 Å². The maximum Gasteiger partial charge on any atom is 0.248 e. The van der Waals surface area contributed by atoms with Crippen molar-refractivity contribution in [2.75, 3.05) is 33.2 Å². The standard InChI is InChI=1S/C24H38F2N4O2/c1-28(18-5-7-24(25,26)8-6-18)19-13-20-22(32)27-23(14-21(31)30(20)16-19)9-11-29(12-10-23)15-17-3-2-4-17/h17-20H,2-16H2,1H3,(H,27,32)/t19-,20-/m0/s1. The van der Waals surface area contributed by atoms with E-state index in [0.717, 1.165) is 38.4 Å². The largest absolute Gasteiger partial charge is 0.348 e. The summed E-state index contributed by atoms with van der Waals surface area (Å²) in [6.07, 6.45) is 7.53. The molecule has 0 aromatic heterocycles. The zero-order valence-electron chi connectivity index (χ0n) is 19.3. The molecule has 0 unspecified atom stereocenters. The molecule has 3 heterocycles. The molecule has 0 bridgehead atoms. The van der Waals surface area contributed by atoms with Gasteiger partial charge in [-0.2, -0.15) is 0 Å². The van der Waals surface area contributed by atoms with Crippen LogP contribution < -0.4 is 5.32 Å².